The first kappa shape index (κ1) is 13.2. The first-order valence-corrected chi connectivity index (χ1v) is 6.73. The standard InChI is InChI=1S/C13H18N2O2S/c1-8-10(13(16)17-2)12(18)15-11(14-8)9-6-4-3-5-7-9/h9H,3-7H2,1-2H3,(H,14,15,18). The van der Waals surface area contributed by atoms with E-state index in [1.165, 1.54) is 26.4 Å². The molecular formula is C13H18N2O2S. The fourth-order valence-electron chi connectivity index (χ4n) is 2.52. The van der Waals surface area contributed by atoms with Crippen LogP contribution in [-0.4, -0.2) is 23.0 Å². The van der Waals surface area contributed by atoms with Crippen LogP contribution in [0, 0.1) is 11.6 Å². The van der Waals surface area contributed by atoms with Crippen LogP contribution in [0.3, 0.4) is 0 Å². The number of methoxy groups -OCH3 is 1. The molecular weight excluding hydrogens is 248 g/mol. The van der Waals surface area contributed by atoms with Gasteiger partial charge in [-0.05, 0) is 19.8 Å². The Bertz CT molecular complexity index is 504. The summed E-state index contributed by atoms with van der Waals surface area (Å²) in [5, 5.41) is 0. The second kappa shape index (κ2) is 5.61. The van der Waals surface area contributed by atoms with Gasteiger partial charge in [-0.2, -0.15) is 0 Å². The van der Waals surface area contributed by atoms with Crippen molar-refractivity contribution < 1.29 is 9.53 Å². The molecule has 1 aromatic heterocycles. The molecule has 0 radical (unpaired) electrons. The highest BCUT2D eigenvalue weighted by Crippen LogP contribution is 2.30. The van der Waals surface area contributed by atoms with Crippen LogP contribution < -0.4 is 0 Å². The van der Waals surface area contributed by atoms with E-state index in [9.17, 15) is 4.79 Å². The predicted molar refractivity (Wildman–Crippen MR) is 71.3 cm³/mol. The zero-order valence-electron chi connectivity index (χ0n) is 10.8. The van der Waals surface area contributed by atoms with Gasteiger partial charge < -0.3 is 9.72 Å². The fourth-order valence-corrected chi connectivity index (χ4v) is 2.85. The highest BCUT2D eigenvalue weighted by molar-refractivity contribution is 7.71. The lowest BCUT2D eigenvalue weighted by atomic mass is 9.88. The van der Waals surface area contributed by atoms with E-state index >= 15 is 0 Å². The van der Waals surface area contributed by atoms with E-state index in [4.69, 9.17) is 17.0 Å². The third-order valence-corrected chi connectivity index (χ3v) is 3.80. The zero-order valence-corrected chi connectivity index (χ0v) is 11.6. The van der Waals surface area contributed by atoms with Crippen molar-refractivity contribution in [1.82, 2.24) is 9.97 Å². The van der Waals surface area contributed by atoms with Crippen molar-refractivity contribution in [2.24, 2.45) is 0 Å². The maximum Gasteiger partial charge on any atom is 0.342 e. The minimum Gasteiger partial charge on any atom is -0.465 e. The number of esters is 1. The van der Waals surface area contributed by atoms with Crippen LogP contribution in [0.5, 0.6) is 0 Å². The van der Waals surface area contributed by atoms with E-state index in [1.807, 2.05) is 6.92 Å². The summed E-state index contributed by atoms with van der Waals surface area (Å²) in [6.45, 7) is 1.84. The van der Waals surface area contributed by atoms with Gasteiger partial charge in [0.15, 0.2) is 0 Å². The molecule has 2 rings (SSSR count). The smallest absolute Gasteiger partial charge is 0.342 e. The number of hydrogen-bond acceptors (Lipinski definition) is 4. The number of carbonyl (C=O) groups excluding carboxylic acids is 1. The summed E-state index contributed by atoms with van der Waals surface area (Å²) >= 11 is 5.21. The van der Waals surface area contributed by atoms with Crippen molar-refractivity contribution in [3.05, 3.63) is 21.7 Å². The molecule has 98 valence electrons. The number of rotatable bonds is 2. The monoisotopic (exact) mass is 266 g/mol. The summed E-state index contributed by atoms with van der Waals surface area (Å²) in [7, 11) is 1.35. The number of ether oxygens (including phenoxy) is 1. The maximum atomic E-state index is 11.6. The van der Waals surface area contributed by atoms with E-state index in [-0.39, 0.29) is 0 Å². The van der Waals surface area contributed by atoms with Crippen molar-refractivity contribution in [3.8, 4) is 0 Å². The molecule has 1 aromatic rings. The van der Waals surface area contributed by atoms with Crippen LogP contribution in [0.15, 0.2) is 0 Å². The fraction of sp³-hybridized carbons (Fsp3) is 0.615. The van der Waals surface area contributed by atoms with Gasteiger partial charge in [-0.1, -0.05) is 31.5 Å². The van der Waals surface area contributed by atoms with Crippen LogP contribution in [0.1, 0.15) is 59.9 Å². The molecule has 4 nitrogen and oxygen atoms in total. The molecule has 0 aliphatic heterocycles. The van der Waals surface area contributed by atoms with Gasteiger partial charge >= 0.3 is 5.97 Å². The quantitative estimate of drug-likeness (QED) is 0.659. The molecule has 0 spiro atoms. The lowest BCUT2D eigenvalue weighted by Gasteiger charge is -2.21. The van der Waals surface area contributed by atoms with Crippen LogP contribution in [0.4, 0.5) is 0 Å². The number of aromatic amines is 1. The number of aromatic nitrogens is 2. The average molecular weight is 266 g/mol. The number of hydrogen-bond donors (Lipinski definition) is 1. The molecule has 0 aromatic carbocycles. The van der Waals surface area contributed by atoms with Crippen LogP contribution in [-0.2, 0) is 4.74 Å². The van der Waals surface area contributed by atoms with Gasteiger partial charge in [0.2, 0.25) is 0 Å². The Balaban J connectivity index is 2.35. The first-order valence-electron chi connectivity index (χ1n) is 6.32. The third kappa shape index (κ3) is 2.61. The van der Waals surface area contributed by atoms with E-state index in [0.717, 1.165) is 24.4 Å². The normalized spacial score (nSPS) is 16.6. The van der Waals surface area contributed by atoms with Gasteiger partial charge in [-0.15, -0.1) is 0 Å². The summed E-state index contributed by atoms with van der Waals surface area (Å²) in [4.78, 5) is 19.2. The summed E-state index contributed by atoms with van der Waals surface area (Å²) < 4.78 is 5.06. The summed E-state index contributed by atoms with van der Waals surface area (Å²) in [6.07, 6.45) is 6.08. The van der Waals surface area contributed by atoms with E-state index in [2.05, 4.69) is 9.97 Å². The Morgan fingerprint density at radius 2 is 2.06 bits per heavy atom. The number of carbonyl (C=O) groups is 1. The maximum absolute atomic E-state index is 11.6. The number of H-pyrrole nitrogens is 1. The van der Waals surface area contributed by atoms with Gasteiger partial charge in [-0.25, -0.2) is 9.78 Å². The molecule has 1 fully saturated rings. The molecule has 1 aliphatic rings. The van der Waals surface area contributed by atoms with Crippen molar-refractivity contribution in [2.45, 2.75) is 44.9 Å². The molecule has 1 aliphatic carbocycles. The Labute approximate surface area is 112 Å². The molecule has 1 heterocycles. The van der Waals surface area contributed by atoms with Crippen molar-refractivity contribution in [3.63, 3.8) is 0 Å². The molecule has 0 unspecified atom stereocenters. The van der Waals surface area contributed by atoms with Crippen LogP contribution >= 0.6 is 12.2 Å². The minimum absolute atomic E-state index is 0.346. The van der Waals surface area contributed by atoms with E-state index in [0.29, 0.717) is 16.1 Å². The van der Waals surface area contributed by atoms with Crippen LogP contribution in [0.2, 0.25) is 0 Å². The van der Waals surface area contributed by atoms with Gasteiger partial charge in [0, 0.05) is 11.6 Å². The van der Waals surface area contributed by atoms with Gasteiger partial charge in [-0.3, -0.25) is 0 Å². The number of nitrogens with zero attached hydrogens (tertiary/aromatic N) is 1. The van der Waals surface area contributed by atoms with Crippen LogP contribution in [0.25, 0.3) is 0 Å². The van der Waals surface area contributed by atoms with Gasteiger partial charge in [0.05, 0.1) is 7.11 Å². The molecule has 5 heteroatoms. The Kier molecular flexibility index (Phi) is 4.11. The lowest BCUT2D eigenvalue weighted by molar-refractivity contribution is 0.0598. The average Bonchev–Trinajstić information content (AvgIpc) is 2.38. The van der Waals surface area contributed by atoms with Crippen molar-refractivity contribution in [2.75, 3.05) is 7.11 Å². The van der Waals surface area contributed by atoms with Crippen molar-refractivity contribution in [1.29, 1.82) is 0 Å². The Morgan fingerprint density at radius 3 is 2.61 bits per heavy atom. The zero-order chi connectivity index (χ0) is 13.1. The summed E-state index contributed by atoms with van der Waals surface area (Å²) in [6, 6.07) is 0. The SMILES string of the molecule is COC(=O)c1c(C)[nH]c(C2CCCCC2)nc1=S. The molecule has 18 heavy (non-hydrogen) atoms. The highest BCUT2D eigenvalue weighted by atomic mass is 32.1. The largest absolute Gasteiger partial charge is 0.465 e. The Morgan fingerprint density at radius 1 is 1.39 bits per heavy atom. The third-order valence-electron chi connectivity index (χ3n) is 3.51. The molecule has 1 saturated carbocycles. The molecule has 0 atom stereocenters. The molecule has 0 amide bonds. The minimum atomic E-state index is -0.420. The summed E-state index contributed by atoms with van der Waals surface area (Å²) in [5.41, 5.74) is 1.13. The number of aryl methyl sites for hydroxylation is 1. The Hall–Kier alpha value is -1.23. The number of nitrogens with one attached hydrogen (secondary N) is 1. The van der Waals surface area contributed by atoms with E-state index in [1.54, 1.807) is 0 Å². The summed E-state index contributed by atoms with van der Waals surface area (Å²) in [5.74, 6) is 0.951. The molecule has 0 saturated heterocycles. The predicted octanol–water partition coefficient (Wildman–Crippen LogP) is 3.28. The van der Waals surface area contributed by atoms with Crippen molar-refractivity contribution >= 4 is 18.2 Å². The highest BCUT2D eigenvalue weighted by Gasteiger charge is 2.20. The second-order valence-electron chi connectivity index (χ2n) is 4.75. The van der Waals surface area contributed by atoms with Gasteiger partial charge in [0.1, 0.15) is 16.0 Å². The molecule has 0 bridgehead atoms. The lowest BCUT2D eigenvalue weighted by Crippen LogP contribution is -2.14. The van der Waals surface area contributed by atoms with Gasteiger partial charge in [0.25, 0.3) is 0 Å². The first-order chi connectivity index (χ1) is 8.63. The van der Waals surface area contributed by atoms with E-state index < -0.39 is 5.97 Å². The molecule has 1 N–H and O–H groups in total. The topological polar surface area (TPSA) is 55.0 Å². The second-order valence-corrected chi connectivity index (χ2v) is 5.14.